The standard InChI is InChI=1S/C20H26N4O5S/c1-4-13-5-7-15(8-6-13)29-10-14(26)11-30-19-17-16(24(22-19)9-12(2)25)18(27)21-20(28)23(17)3/h5-8,12,14,25-26H,4,9-11H2,1-3H3,(H,21,27,28). The number of ether oxygens (including phenoxy) is 1. The lowest BCUT2D eigenvalue weighted by Gasteiger charge is -2.12. The lowest BCUT2D eigenvalue weighted by molar-refractivity contribution is 0.126. The van der Waals surface area contributed by atoms with Crippen molar-refractivity contribution in [3.05, 3.63) is 50.7 Å². The molecule has 0 amide bonds. The molecule has 2 unspecified atom stereocenters. The third-order valence-electron chi connectivity index (χ3n) is 4.60. The fourth-order valence-corrected chi connectivity index (χ4v) is 3.99. The number of thioether (sulfide) groups is 1. The first-order valence-electron chi connectivity index (χ1n) is 9.70. The van der Waals surface area contributed by atoms with E-state index < -0.39 is 23.5 Å². The van der Waals surface area contributed by atoms with Crippen LogP contribution in [0.25, 0.3) is 11.0 Å². The molecule has 0 aliphatic carbocycles. The van der Waals surface area contributed by atoms with Gasteiger partial charge in [-0.3, -0.25) is 19.0 Å². The van der Waals surface area contributed by atoms with Gasteiger partial charge in [-0.1, -0.05) is 30.8 Å². The van der Waals surface area contributed by atoms with Crippen molar-refractivity contribution in [2.45, 2.75) is 44.0 Å². The van der Waals surface area contributed by atoms with Crippen LogP contribution in [-0.4, -0.2) is 54.1 Å². The van der Waals surface area contributed by atoms with Crippen LogP contribution in [0, 0.1) is 0 Å². The van der Waals surface area contributed by atoms with Gasteiger partial charge in [0, 0.05) is 12.8 Å². The number of aromatic nitrogens is 4. The Morgan fingerprint density at radius 1 is 1.20 bits per heavy atom. The van der Waals surface area contributed by atoms with Gasteiger partial charge in [-0.15, -0.1) is 0 Å². The number of aromatic amines is 1. The molecule has 0 aliphatic rings. The first-order chi connectivity index (χ1) is 14.3. The second-order valence-electron chi connectivity index (χ2n) is 7.13. The van der Waals surface area contributed by atoms with Crippen molar-refractivity contribution in [2.75, 3.05) is 12.4 Å². The number of aliphatic hydroxyl groups excluding tert-OH is 2. The SMILES string of the molecule is CCc1ccc(OCC(O)CSc2nn(CC(C)O)c3c(=O)[nH]c(=O)n(C)c23)cc1. The molecule has 3 N–H and O–H groups in total. The van der Waals surface area contributed by atoms with Gasteiger partial charge in [0.05, 0.1) is 18.8 Å². The molecule has 0 fully saturated rings. The first kappa shape index (κ1) is 22.1. The highest BCUT2D eigenvalue weighted by atomic mass is 32.2. The van der Waals surface area contributed by atoms with Crippen molar-refractivity contribution in [1.29, 1.82) is 0 Å². The van der Waals surface area contributed by atoms with Crippen LogP contribution in [0.3, 0.4) is 0 Å². The number of aryl methyl sites for hydroxylation is 2. The van der Waals surface area contributed by atoms with E-state index in [2.05, 4.69) is 17.0 Å². The Balaban J connectivity index is 1.74. The van der Waals surface area contributed by atoms with Gasteiger partial charge in [-0.25, -0.2) is 4.79 Å². The Bertz CT molecular complexity index is 1120. The highest BCUT2D eigenvalue weighted by molar-refractivity contribution is 7.99. The Morgan fingerprint density at radius 2 is 1.90 bits per heavy atom. The molecule has 0 aliphatic heterocycles. The van der Waals surface area contributed by atoms with Gasteiger partial charge in [0.2, 0.25) is 0 Å². The van der Waals surface area contributed by atoms with E-state index >= 15 is 0 Å². The lowest BCUT2D eigenvalue weighted by atomic mass is 10.2. The van der Waals surface area contributed by atoms with Crippen molar-refractivity contribution in [2.24, 2.45) is 7.05 Å². The van der Waals surface area contributed by atoms with Crippen LogP contribution in [0.5, 0.6) is 5.75 Å². The van der Waals surface area contributed by atoms with E-state index in [1.165, 1.54) is 26.6 Å². The number of benzene rings is 1. The van der Waals surface area contributed by atoms with Crippen molar-refractivity contribution in [3.63, 3.8) is 0 Å². The minimum absolute atomic E-state index is 0.101. The summed E-state index contributed by atoms with van der Waals surface area (Å²) in [7, 11) is 1.54. The minimum atomic E-state index is -0.781. The molecule has 3 rings (SSSR count). The van der Waals surface area contributed by atoms with E-state index in [9.17, 15) is 19.8 Å². The van der Waals surface area contributed by atoms with Crippen LogP contribution in [0.15, 0.2) is 38.9 Å². The summed E-state index contributed by atoms with van der Waals surface area (Å²) in [6.45, 7) is 3.87. The predicted octanol–water partition coefficient (Wildman–Crippen LogP) is 0.898. The number of aliphatic hydroxyl groups is 2. The number of nitrogens with one attached hydrogen (secondary N) is 1. The van der Waals surface area contributed by atoms with Crippen molar-refractivity contribution >= 4 is 22.8 Å². The molecule has 162 valence electrons. The Hall–Kier alpha value is -2.56. The zero-order valence-electron chi connectivity index (χ0n) is 17.2. The zero-order chi connectivity index (χ0) is 21.8. The monoisotopic (exact) mass is 434 g/mol. The largest absolute Gasteiger partial charge is 0.491 e. The third kappa shape index (κ3) is 4.94. The number of hydrogen-bond donors (Lipinski definition) is 3. The number of fused-ring (bicyclic) bond motifs is 1. The summed E-state index contributed by atoms with van der Waals surface area (Å²) in [5.41, 5.74) is 0.677. The highest BCUT2D eigenvalue weighted by Gasteiger charge is 2.20. The van der Waals surface area contributed by atoms with E-state index in [1.807, 2.05) is 24.3 Å². The van der Waals surface area contributed by atoms with E-state index in [1.54, 1.807) is 14.0 Å². The number of nitrogens with zero attached hydrogens (tertiary/aromatic N) is 3. The van der Waals surface area contributed by atoms with E-state index in [-0.39, 0.29) is 24.4 Å². The molecule has 2 heterocycles. The van der Waals surface area contributed by atoms with Crippen LogP contribution in [0.4, 0.5) is 0 Å². The van der Waals surface area contributed by atoms with Crippen molar-refractivity contribution in [1.82, 2.24) is 19.3 Å². The fourth-order valence-electron chi connectivity index (χ4n) is 3.02. The summed E-state index contributed by atoms with van der Waals surface area (Å²) >= 11 is 1.22. The van der Waals surface area contributed by atoms with Crippen molar-refractivity contribution < 1.29 is 14.9 Å². The van der Waals surface area contributed by atoms with Gasteiger partial charge in [0.15, 0.2) is 5.52 Å². The summed E-state index contributed by atoms with van der Waals surface area (Å²) in [5.74, 6) is 0.936. The first-order valence-corrected chi connectivity index (χ1v) is 10.7. The highest BCUT2D eigenvalue weighted by Crippen LogP contribution is 2.25. The van der Waals surface area contributed by atoms with Gasteiger partial charge in [0.1, 0.15) is 22.9 Å². The molecule has 0 spiro atoms. The summed E-state index contributed by atoms with van der Waals surface area (Å²) in [4.78, 5) is 26.6. The second-order valence-corrected chi connectivity index (χ2v) is 8.13. The molecular formula is C20H26N4O5S. The number of H-pyrrole nitrogens is 1. The van der Waals surface area contributed by atoms with Gasteiger partial charge in [0.25, 0.3) is 5.56 Å². The maximum absolute atomic E-state index is 12.3. The van der Waals surface area contributed by atoms with Crippen LogP contribution < -0.4 is 16.0 Å². The number of rotatable bonds is 9. The predicted molar refractivity (Wildman–Crippen MR) is 115 cm³/mol. The molecule has 0 bridgehead atoms. The molecule has 0 saturated heterocycles. The summed E-state index contributed by atoms with van der Waals surface area (Å²) < 4.78 is 8.33. The molecular weight excluding hydrogens is 408 g/mol. The normalized spacial score (nSPS) is 13.5. The smallest absolute Gasteiger partial charge is 0.328 e. The maximum Gasteiger partial charge on any atom is 0.328 e. The molecule has 3 aromatic rings. The van der Waals surface area contributed by atoms with Gasteiger partial charge in [-0.05, 0) is 31.0 Å². The summed E-state index contributed by atoms with van der Waals surface area (Å²) in [5, 5.41) is 24.9. The van der Waals surface area contributed by atoms with Gasteiger partial charge < -0.3 is 14.9 Å². The Labute approximate surface area is 177 Å². The average Bonchev–Trinajstić information content (AvgIpc) is 3.07. The van der Waals surface area contributed by atoms with Gasteiger partial charge >= 0.3 is 5.69 Å². The van der Waals surface area contributed by atoms with Crippen LogP contribution in [-0.2, 0) is 20.0 Å². The topological polar surface area (TPSA) is 122 Å². The third-order valence-corrected chi connectivity index (χ3v) is 5.70. The van der Waals surface area contributed by atoms with Crippen molar-refractivity contribution in [3.8, 4) is 5.75 Å². The van der Waals surface area contributed by atoms with Crippen LogP contribution in [0.1, 0.15) is 19.4 Å². The molecule has 0 saturated carbocycles. The Morgan fingerprint density at radius 3 is 2.53 bits per heavy atom. The average molecular weight is 435 g/mol. The van der Waals surface area contributed by atoms with Crippen LogP contribution >= 0.6 is 11.8 Å². The van der Waals surface area contributed by atoms with E-state index in [0.717, 1.165) is 6.42 Å². The molecule has 1 aromatic carbocycles. The minimum Gasteiger partial charge on any atom is -0.491 e. The maximum atomic E-state index is 12.3. The summed E-state index contributed by atoms with van der Waals surface area (Å²) in [6, 6.07) is 7.70. The number of hydrogen-bond acceptors (Lipinski definition) is 7. The molecule has 2 atom stereocenters. The molecule has 10 heteroatoms. The summed E-state index contributed by atoms with van der Waals surface area (Å²) in [6.07, 6.45) is -0.557. The van der Waals surface area contributed by atoms with E-state index in [4.69, 9.17) is 4.74 Å². The molecule has 9 nitrogen and oxygen atoms in total. The Kier molecular flexibility index (Phi) is 7.01. The quantitative estimate of drug-likeness (QED) is 0.428. The van der Waals surface area contributed by atoms with E-state index in [0.29, 0.717) is 16.3 Å². The zero-order valence-corrected chi connectivity index (χ0v) is 18.0. The molecule has 30 heavy (non-hydrogen) atoms. The molecule has 2 aromatic heterocycles. The molecule has 0 radical (unpaired) electrons. The van der Waals surface area contributed by atoms with Crippen LogP contribution in [0.2, 0.25) is 0 Å². The lowest BCUT2D eigenvalue weighted by Crippen LogP contribution is -2.29. The second kappa shape index (κ2) is 9.50. The van der Waals surface area contributed by atoms with Gasteiger partial charge in [-0.2, -0.15) is 5.10 Å². The fraction of sp³-hybridized carbons (Fsp3) is 0.450.